The van der Waals surface area contributed by atoms with Gasteiger partial charge in [-0.25, -0.2) is 0 Å². The lowest BCUT2D eigenvalue weighted by Crippen LogP contribution is -3.00. The van der Waals surface area contributed by atoms with Crippen LogP contribution in [0.4, 0.5) is 0 Å². The number of hydroxylamine groups is 1. The molecule has 1 fully saturated rings. The minimum Gasteiger partial charge on any atom is -1.00 e. The molecular weight excluding hydrogens is 243 g/mol. The predicted molar refractivity (Wildman–Crippen MR) is 35.5 cm³/mol. The third-order valence-electron chi connectivity index (χ3n) is 1.95. The Bertz CT molecular complexity index is 91.8. The van der Waals surface area contributed by atoms with Gasteiger partial charge in [0.1, 0.15) is 0 Å². The molecule has 1 rings (SSSR count). The van der Waals surface area contributed by atoms with Crippen molar-refractivity contribution in [2.45, 2.75) is 37.8 Å². The molecule has 3 nitrogen and oxygen atoms in total. The number of hydrogen-bond donors (Lipinski definition) is 2. The molecular formula is C6H14IN2O-. The molecule has 0 heterocycles. The second-order valence-corrected chi connectivity index (χ2v) is 2.82. The molecule has 0 aromatic carbocycles. The van der Waals surface area contributed by atoms with E-state index in [9.17, 15) is 5.21 Å². The van der Waals surface area contributed by atoms with E-state index in [1.807, 2.05) is 0 Å². The molecule has 0 amide bonds. The normalized spacial score (nSPS) is 33.0. The Morgan fingerprint density at radius 3 is 2.50 bits per heavy atom. The van der Waals surface area contributed by atoms with Crippen molar-refractivity contribution in [1.82, 2.24) is 0 Å². The average Bonchev–Trinajstić information content (AvgIpc) is 1.88. The van der Waals surface area contributed by atoms with Crippen LogP contribution in [0, 0.1) is 5.21 Å². The zero-order valence-electron chi connectivity index (χ0n) is 5.92. The summed E-state index contributed by atoms with van der Waals surface area (Å²) in [6.45, 7) is 0. The van der Waals surface area contributed by atoms with Gasteiger partial charge in [0.2, 0.25) is 0 Å². The first-order chi connectivity index (χ1) is 4.33. The molecule has 2 atom stereocenters. The van der Waals surface area contributed by atoms with Crippen molar-refractivity contribution in [2.75, 3.05) is 0 Å². The molecule has 4 N–H and O–H groups in total. The molecule has 10 heavy (non-hydrogen) atoms. The van der Waals surface area contributed by atoms with Gasteiger partial charge in [-0.2, -0.15) is 0 Å². The minimum absolute atomic E-state index is 0. The standard InChI is InChI=1S/C6H14N2O.HI/c7-5-2-1-3-6(4-5)8-9;/h5-6H,1-4,7-8H2;1H/p-1. The first-order valence-electron chi connectivity index (χ1n) is 3.54. The van der Waals surface area contributed by atoms with Crippen LogP contribution in [0.1, 0.15) is 25.7 Å². The van der Waals surface area contributed by atoms with Crippen molar-refractivity contribution in [3.05, 3.63) is 5.21 Å². The average molecular weight is 257 g/mol. The van der Waals surface area contributed by atoms with Gasteiger partial charge in [-0.15, -0.1) is 0 Å². The van der Waals surface area contributed by atoms with Crippen molar-refractivity contribution in [2.24, 2.45) is 5.73 Å². The number of rotatable bonds is 1. The van der Waals surface area contributed by atoms with Crippen LogP contribution in [0.2, 0.25) is 0 Å². The smallest absolute Gasteiger partial charge is 0.0871 e. The van der Waals surface area contributed by atoms with Crippen LogP contribution in [0.15, 0.2) is 0 Å². The van der Waals surface area contributed by atoms with Crippen LogP contribution in [-0.2, 0) is 0 Å². The Balaban J connectivity index is 0.000000810. The van der Waals surface area contributed by atoms with Crippen molar-refractivity contribution < 1.29 is 29.5 Å². The van der Waals surface area contributed by atoms with E-state index in [1.54, 1.807) is 0 Å². The van der Waals surface area contributed by atoms with Gasteiger partial charge in [-0.1, -0.05) is 0 Å². The van der Waals surface area contributed by atoms with Crippen molar-refractivity contribution in [3.63, 3.8) is 0 Å². The number of halogens is 1. The molecule has 0 bridgehead atoms. The van der Waals surface area contributed by atoms with E-state index >= 15 is 0 Å². The van der Waals surface area contributed by atoms with E-state index in [0.29, 0.717) is 0 Å². The summed E-state index contributed by atoms with van der Waals surface area (Å²) in [5, 5.41) is 10.2. The Morgan fingerprint density at radius 1 is 1.40 bits per heavy atom. The number of nitrogens with two attached hydrogens (primary N) is 2. The maximum Gasteiger partial charge on any atom is 0.0871 e. The zero-order chi connectivity index (χ0) is 6.69. The molecule has 0 spiro atoms. The van der Waals surface area contributed by atoms with E-state index in [1.165, 1.54) is 0 Å². The number of hydrogen-bond acceptors (Lipinski definition) is 2. The second-order valence-electron chi connectivity index (χ2n) is 2.82. The molecule has 0 radical (unpaired) electrons. The van der Waals surface area contributed by atoms with Crippen LogP contribution in [0.5, 0.6) is 0 Å². The molecule has 2 unspecified atom stereocenters. The van der Waals surface area contributed by atoms with Gasteiger partial charge < -0.3 is 40.4 Å². The fourth-order valence-electron chi connectivity index (χ4n) is 1.39. The summed E-state index contributed by atoms with van der Waals surface area (Å²) in [6.07, 6.45) is 4.19. The predicted octanol–water partition coefficient (Wildman–Crippen LogP) is -3.68. The molecule has 1 saturated carbocycles. The van der Waals surface area contributed by atoms with E-state index in [0.717, 1.165) is 31.2 Å². The Morgan fingerprint density at radius 2 is 2.10 bits per heavy atom. The molecule has 4 heteroatoms. The van der Waals surface area contributed by atoms with E-state index in [4.69, 9.17) is 5.73 Å². The maximum atomic E-state index is 10.2. The van der Waals surface area contributed by atoms with Crippen LogP contribution >= 0.6 is 0 Å². The molecule has 0 aromatic rings. The summed E-state index contributed by atoms with van der Waals surface area (Å²) in [7, 11) is 0. The quantitative estimate of drug-likeness (QED) is 0.375. The molecule has 62 valence electrons. The lowest BCUT2D eigenvalue weighted by Gasteiger charge is -2.25. The lowest BCUT2D eigenvalue weighted by atomic mass is 9.92. The SMILES string of the molecule is NC1CCCC([NH2+][O-])C1.[I-]. The highest BCUT2D eigenvalue weighted by molar-refractivity contribution is 4.73. The van der Waals surface area contributed by atoms with Crippen LogP contribution in [-0.4, -0.2) is 12.1 Å². The van der Waals surface area contributed by atoms with Crippen LogP contribution in [0.3, 0.4) is 0 Å². The topological polar surface area (TPSA) is 65.7 Å². The molecule has 0 saturated heterocycles. The fraction of sp³-hybridized carbons (Fsp3) is 1.00. The van der Waals surface area contributed by atoms with Crippen molar-refractivity contribution in [1.29, 1.82) is 0 Å². The summed E-state index contributed by atoms with van der Waals surface area (Å²) < 4.78 is 0. The molecule has 0 aliphatic heterocycles. The van der Waals surface area contributed by atoms with Gasteiger partial charge >= 0.3 is 0 Å². The van der Waals surface area contributed by atoms with E-state index < -0.39 is 0 Å². The largest absolute Gasteiger partial charge is 1.00 e. The Kier molecular flexibility index (Phi) is 5.61. The Labute approximate surface area is 78.3 Å². The monoisotopic (exact) mass is 257 g/mol. The molecule has 0 aromatic heterocycles. The van der Waals surface area contributed by atoms with Gasteiger partial charge in [0, 0.05) is 12.5 Å². The van der Waals surface area contributed by atoms with Crippen molar-refractivity contribution in [3.8, 4) is 0 Å². The third kappa shape index (κ3) is 3.14. The van der Waals surface area contributed by atoms with Gasteiger partial charge in [0.05, 0.1) is 6.04 Å². The highest BCUT2D eigenvalue weighted by Crippen LogP contribution is 2.13. The second kappa shape index (κ2) is 5.29. The summed E-state index contributed by atoms with van der Waals surface area (Å²) in [4.78, 5) is 0. The summed E-state index contributed by atoms with van der Waals surface area (Å²) >= 11 is 0. The number of quaternary nitrogens is 1. The van der Waals surface area contributed by atoms with E-state index in [-0.39, 0.29) is 36.1 Å². The summed E-state index contributed by atoms with van der Waals surface area (Å²) in [5.74, 6) is 0. The highest BCUT2D eigenvalue weighted by Gasteiger charge is 2.18. The van der Waals surface area contributed by atoms with E-state index in [2.05, 4.69) is 0 Å². The lowest BCUT2D eigenvalue weighted by molar-refractivity contribution is -0.630. The minimum atomic E-state index is 0. The van der Waals surface area contributed by atoms with Gasteiger partial charge in [-0.05, 0) is 19.3 Å². The van der Waals surface area contributed by atoms with Gasteiger partial charge in [0.15, 0.2) is 0 Å². The van der Waals surface area contributed by atoms with Crippen LogP contribution < -0.4 is 35.2 Å². The Hall–Kier alpha value is 0.610. The summed E-state index contributed by atoms with van der Waals surface area (Å²) in [5.41, 5.74) is 6.68. The first-order valence-corrected chi connectivity index (χ1v) is 3.54. The van der Waals surface area contributed by atoms with Crippen molar-refractivity contribution >= 4 is 0 Å². The zero-order valence-corrected chi connectivity index (χ0v) is 8.08. The molecule has 1 aliphatic carbocycles. The van der Waals surface area contributed by atoms with Gasteiger partial charge in [-0.3, -0.25) is 0 Å². The summed E-state index contributed by atoms with van der Waals surface area (Å²) in [6, 6.07) is 0.544. The van der Waals surface area contributed by atoms with Gasteiger partial charge in [0.25, 0.3) is 0 Å². The highest BCUT2D eigenvalue weighted by atomic mass is 127. The first kappa shape index (κ1) is 10.6. The third-order valence-corrected chi connectivity index (χ3v) is 1.95. The molecule has 1 aliphatic rings. The fourth-order valence-corrected chi connectivity index (χ4v) is 1.39. The van der Waals surface area contributed by atoms with Crippen LogP contribution in [0.25, 0.3) is 0 Å². The maximum absolute atomic E-state index is 10.2.